The van der Waals surface area contributed by atoms with E-state index >= 15 is 0 Å². The lowest BCUT2D eigenvalue weighted by molar-refractivity contribution is 0.112. The monoisotopic (exact) mass is 211 g/mol. The number of nitrogens with zero attached hydrogens (tertiary/aromatic N) is 1. The minimum absolute atomic E-state index is 0.306. The molecule has 0 aromatic carbocycles. The average Bonchev–Trinajstić information content (AvgIpc) is 2.20. The first-order valence-electron chi connectivity index (χ1n) is 4.16. The minimum Gasteiger partial charge on any atom is -0.501 e. The van der Waals surface area contributed by atoms with Gasteiger partial charge in [-0.2, -0.15) is 0 Å². The van der Waals surface area contributed by atoms with E-state index in [1.54, 1.807) is 6.08 Å². The lowest BCUT2D eigenvalue weighted by Crippen LogP contribution is -1.89. The van der Waals surface area contributed by atoms with Gasteiger partial charge < -0.3 is 4.74 Å². The van der Waals surface area contributed by atoms with Crippen molar-refractivity contribution in [1.82, 2.24) is 4.98 Å². The summed E-state index contributed by atoms with van der Waals surface area (Å²) in [5.74, 6) is 0. The first-order chi connectivity index (χ1) is 6.77. The number of pyridine rings is 1. The van der Waals surface area contributed by atoms with Crippen LogP contribution in [0.3, 0.4) is 0 Å². The molecule has 0 saturated heterocycles. The highest BCUT2D eigenvalue weighted by Crippen LogP contribution is 2.12. The third-order valence-electron chi connectivity index (χ3n) is 1.57. The number of carbonyl (C=O) groups is 1. The Labute approximate surface area is 87.4 Å². The zero-order chi connectivity index (χ0) is 10.4. The molecule has 3 nitrogen and oxygen atoms in total. The summed E-state index contributed by atoms with van der Waals surface area (Å²) in [5, 5.41) is 0.306. The first-order valence-corrected chi connectivity index (χ1v) is 4.54. The molecular formula is C10H10ClNO2. The Morgan fingerprint density at radius 3 is 3.00 bits per heavy atom. The van der Waals surface area contributed by atoms with Crippen LogP contribution in [-0.2, 0) is 4.74 Å². The Kier molecular flexibility index (Phi) is 4.13. The van der Waals surface area contributed by atoms with Crippen LogP contribution >= 0.6 is 11.6 Å². The Balaban J connectivity index is 2.90. The summed E-state index contributed by atoms with van der Waals surface area (Å²) in [6.07, 6.45) is 5.47. The van der Waals surface area contributed by atoms with Gasteiger partial charge in [0.05, 0.1) is 12.9 Å². The summed E-state index contributed by atoms with van der Waals surface area (Å²) in [4.78, 5) is 14.5. The fourth-order valence-electron chi connectivity index (χ4n) is 0.914. The zero-order valence-electron chi connectivity index (χ0n) is 7.74. The van der Waals surface area contributed by atoms with Gasteiger partial charge in [0.15, 0.2) is 6.29 Å². The van der Waals surface area contributed by atoms with Crippen molar-refractivity contribution in [3.8, 4) is 0 Å². The quantitative estimate of drug-likeness (QED) is 0.437. The van der Waals surface area contributed by atoms with E-state index in [0.29, 0.717) is 22.9 Å². The van der Waals surface area contributed by atoms with Gasteiger partial charge in [-0.3, -0.25) is 4.79 Å². The number of hydrogen-bond acceptors (Lipinski definition) is 3. The van der Waals surface area contributed by atoms with E-state index < -0.39 is 0 Å². The van der Waals surface area contributed by atoms with Gasteiger partial charge in [0.25, 0.3) is 0 Å². The summed E-state index contributed by atoms with van der Waals surface area (Å²) in [6, 6.07) is 1.51. The number of aromatic nitrogens is 1. The highest BCUT2D eigenvalue weighted by atomic mass is 35.5. The molecule has 1 aromatic heterocycles. The second-order valence-electron chi connectivity index (χ2n) is 2.51. The minimum atomic E-state index is 0.306. The van der Waals surface area contributed by atoms with E-state index in [0.717, 1.165) is 6.29 Å². The van der Waals surface area contributed by atoms with Crippen LogP contribution in [0.2, 0.25) is 5.15 Å². The van der Waals surface area contributed by atoms with Crippen molar-refractivity contribution in [1.29, 1.82) is 0 Å². The molecule has 0 aliphatic heterocycles. The van der Waals surface area contributed by atoms with Crippen LogP contribution in [0.25, 0.3) is 6.08 Å². The maximum absolute atomic E-state index is 10.7. The molecule has 0 fully saturated rings. The second kappa shape index (κ2) is 5.40. The summed E-state index contributed by atoms with van der Waals surface area (Å²) < 4.78 is 5.01. The number of hydrogen-bond donors (Lipinski definition) is 0. The van der Waals surface area contributed by atoms with Crippen molar-refractivity contribution in [2.45, 2.75) is 6.92 Å². The number of ether oxygens (including phenoxy) is 1. The van der Waals surface area contributed by atoms with Crippen molar-refractivity contribution in [3.63, 3.8) is 0 Å². The van der Waals surface area contributed by atoms with Gasteiger partial charge in [0.1, 0.15) is 5.15 Å². The van der Waals surface area contributed by atoms with Crippen molar-refractivity contribution in [2.24, 2.45) is 0 Å². The lowest BCUT2D eigenvalue weighted by Gasteiger charge is -1.98. The van der Waals surface area contributed by atoms with Gasteiger partial charge in [-0.15, -0.1) is 0 Å². The van der Waals surface area contributed by atoms with Gasteiger partial charge in [0.2, 0.25) is 0 Å². The zero-order valence-corrected chi connectivity index (χ0v) is 8.49. The highest BCUT2D eigenvalue weighted by Gasteiger charge is 1.99. The van der Waals surface area contributed by atoms with Crippen LogP contribution in [0.15, 0.2) is 18.5 Å². The Morgan fingerprint density at radius 1 is 1.57 bits per heavy atom. The van der Waals surface area contributed by atoms with E-state index in [1.165, 1.54) is 18.5 Å². The van der Waals surface area contributed by atoms with E-state index in [-0.39, 0.29) is 0 Å². The highest BCUT2D eigenvalue weighted by molar-refractivity contribution is 6.29. The average molecular weight is 212 g/mol. The molecule has 0 aliphatic rings. The summed E-state index contributed by atoms with van der Waals surface area (Å²) in [5.41, 5.74) is 1.19. The van der Waals surface area contributed by atoms with Crippen molar-refractivity contribution >= 4 is 24.0 Å². The SMILES string of the molecule is CCO/C=C/c1cnc(Cl)cc1C=O. The Morgan fingerprint density at radius 2 is 2.36 bits per heavy atom. The third-order valence-corrected chi connectivity index (χ3v) is 1.78. The molecule has 0 amide bonds. The number of halogens is 1. The normalized spacial score (nSPS) is 10.4. The van der Waals surface area contributed by atoms with Crippen LogP contribution in [0.4, 0.5) is 0 Å². The molecule has 1 rings (SSSR count). The number of carbonyl (C=O) groups excluding carboxylic acids is 1. The Bertz CT molecular complexity index is 350. The molecule has 0 bridgehead atoms. The van der Waals surface area contributed by atoms with Crippen molar-refractivity contribution < 1.29 is 9.53 Å². The van der Waals surface area contributed by atoms with Crippen molar-refractivity contribution in [3.05, 3.63) is 34.8 Å². The van der Waals surface area contributed by atoms with E-state index in [2.05, 4.69) is 4.98 Å². The maximum atomic E-state index is 10.7. The lowest BCUT2D eigenvalue weighted by atomic mass is 10.1. The molecule has 0 spiro atoms. The number of aldehydes is 1. The first kappa shape index (κ1) is 10.7. The topological polar surface area (TPSA) is 39.2 Å². The van der Waals surface area contributed by atoms with Crippen LogP contribution < -0.4 is 0 Å². The molecule has 14 heavy (non-hydrogen) atoms. The van der Waals surface area contributed by atoms with Crippen LogP contribution in [0.5, 0.6) is 0 Å². The van der Waals surface area contributed by atoms with Crippen LogP contribution in [0.1, 0.15) is 22.8 Å². The molecule has 0 aliphatic carbocycles. The van der Waals surface area contributed by atoms with Gasteiger partial charge in [0, 0.05) is 17.3 Å². The summed E-state index contributed by atoms with van der Waals surface area (Å²) in [6.45, 7) is 2.47. The molecule has 74 valence electrons. The standard InChI is InChI=1S/C10H10ClNO2/c1-2-14-4-3-8-6-12-10(11)5-9(8)7-13/h3-7H,2H2,1H3/b4-3+. The van der Waals surface area contributed by atoms with Gasteiger partial charge >= 0.3 is 0 Å². The number of rotatable bonds is 4. The predicted molar refractivity (Wildman–Crippen MR) is 55.3 cm³/mol. The molecular weight excluding hydrogens is 202 g/mol. The summed E-state index contributed by atoms with van der Waals surface area (Å²) >= 11 is 5.63. The fourth-order valence-corrected chi connectivity index (χ4v) is 1.08. The van der Waals surface area contributed by atoms with Gasteiger partial charge in [-0.1, -0.05) is 11.6 Å². The largest absolute Gasteiger partial charge is 0.501 e. The second-order valence-corrected chi connectivity index (χ2v) is 2.90. The van der Waals surface area contributed by atoms with Gasteiger partial charge in [-0.25, -0.2) is 4.98 Å². The Hall–Kier alpha value is -1.35. The molecule has 1 heterocycles. The third kappa shape index (κ3) is 2.85. The molecule has 0 atom stereocenters. The summed E-state index contributed by atoms with van der Waals surface area (Å²) in [7, 11) is 0. The molecule has 4 heteroatoms. The van der Waals surface area contributed by atoms with Crippen LogP contribution in [-0.4, -0.2) is 17.9 Å². The van der Waals surface area contributed by atoms with E-state index in [4.69, 9.17) is 16.3 Å². The van der Waals surface area contributed by atoms with Gasteiger partial charge in [-0.05, 0) is 19.1 Å². The molecule has 1 aromatic rings. The molecule has 0 unspecified atom stereocenters. The molecule has 0 saturated carbocycles. The van der Waals surface area contributed by atoms with E-state index in [1.807, 2.05) is 6.92 Å². The van der Waals surface area contributed by atoms with E-state index in [9.17, 15) is 4.79 Å². The van der Waals surface area contributed by atoms with Crippen LogP contribution in [0, 0.1) is 0 Å². The smallest absolute Gasteiger partial charge is 0.150 e. The maximum Gasteiger partial charge on any atom is 0.150 e. The van der Waals surface area contributed by atoms with Crippen molar-refractivity contribution in [2.75, 3.05) is 6.61 Å². The molecule has 0 radical (unpaired) electrons. The fraction of sp³-hybridized carbons (Fsp3) is 0.200. The molecule has 0 N–H and O–H groups in total. The predicted octanol–water partition coefficient (Wildman–Crippen LogP) is 2.55.